The van der Waals surface area contributed by atoms with Crippen molar-refractivity contribution in [1.82, 2.24) is 18.4 Å². The summed E-state index contributed by atoms with van der Waals surface area (Å²) in [6.07, 6.45) is 5.65. The number of fused-ring (bicyclic) bond motifs is 1. The lowest BCUT2D eigenvalue weighted by Crippen LogP contribution is -2.43. The van der Waals surface area contributed by atoms with Crippen LogP contribution in [0, 0.1) is 11.8 Å². The lowest BCUT2D eigenvalue weighted by Gasteiger charge is -2.31. The molecule has 0 spiro atoms. The summed E-state index contributed by atoms with van der Waals surface area (Å²) in [6, 6.07) is 5.04. The molecule has 3 rings (SSSR count). The monoisotopic (exact) mass is 438 g/mol. The van der Waals surface area contributed by atoms with E-state index >= 15 is 0 Å². The number of carbonyl (C=O) groups is 1. The molecule has 1 atom stereocenters. The van der Waals surface area contributed by atoms with Crippen LogP contribution in [0.3, 0.4) is 0 Å². The summed E-state index contributed by atoms with van der Waals surface area (Å²) in [5.74, 6) is 0.455. The largest absolute Gasteiger partial charge is 0.356 e. The second-order valence-electron chi connectivity index (χ2n) is 7.73. The molecule has 0 aliphatic carbocycles. The molecule has 1 aliphatic rings. The maximum absolute atomic E-state index is 13.1. The molecule has 1 aromatic carbocycles. The summed E-state index contributed by atoms with van der Waals surface area (Å²) in [5, 5.41) is 3.09. The van der Waals surface area contributed by atoms with Crippen molar-refractivity contribution in [3.05, 3.63) is 18.2 Å². The highest BCUT2D eigenvalue weighted by molar-refractivity contribution is 7.89. The highest BCUT2D eigenvalue weighted by atomic mass is 32.2. The van der Waals surface area contributed by atoms with Crippen molar-refractivity contribution in [3.8, 4) is 0 Å². The lowest BCUT2D eigenvalue weighted by molar-refractivity contribution is -0.126. The molecule has 0 unspecified atom stereocenters. The zero-order chi connectivity index (χ0) is 20.9. The zero-order valence-electron chi connectivity index (χ0n) is 17.1. The second kappa shape index (κ2) is 9.95. The van der Waals surface area contributed by atoms with Crippen molar-refractivity contribution >= 4 is 38.7 Å². The molecule has 2 heterocycles. The summed E-state index contributed by atoms with van der Waals surface area (Å²) in [7, 11) is -3.64. The van der Waals surface area contributed by atoms with Crippen LogP contribution in [-0.4, -0.2) is 47.0 Å². The van der Waals surface area contributed by atoms with Gasteiger partial charge in [0.05, 0.1) is 11.7 Å². The van der Waals surface area contributed by atoms with E-state index < -0.39 is 10.0 Å². The highest BCUT2D eigenvalue weighted by Crippen LogP contribution is 2.28. The minimum Gasteiger partial charge on any atom is -0.356 e. The standard InChI is InChI=1S/C20H30N4O3S2/c1-3-5-7-15(4-2)14-21-20(25)16-10-12-24(13-11-16)29(26,27)18-9-6-8-17-19(18)23-28-22-17/h6,8-9,15-16H,3-5,7,10-14H2,1-2H3,(H,21,25)/t15-/m0/s1. The number of benzene rings is 1. The Morgan fingerprint density at radius 3 is 2.72 bits per heavy atom. The number of aromatic nitrogens is 2. The molecule has 1 saturated heterocycles. The Hall–Kier alpha value is -1.58. The first kappa shape index (κ1) is 22.1. The molecule has 1 N–H and O–H groups in total. The van der Waals surface area contributed by atoms with Gasteiger partial charge in [-0.2, -0.15) is 13.1 Å². The fourth-order valence-corrected chi connectivity index (χ4v) is 6.04. The molecule has 1 amide bonds. The fraction of sp³-hybridized carbons (Fsp3) is 0.650. The van der Waals surface area contributed by atoms with Crippen LogP contribution in [-0.2, 0) is 14.8 Å². The number of nitrogens with one attached hydrogen (secondary N) is 1. The van der Waals surface area contributed by atoms with E-state index in [0.717, 1.165) is 24.6 Å². The summed E-state index contributed by atoms with van der Waals surface area (Å²) in [4.78, 5) is 12.8. The van der Waals surface area contributed by atoms with Gasteiger partial charge in [-0.1, -0.05) is 39.2 Å². The lowest BCUT2D eigenvalue weighted by atomic mass is 9.95. The van der Waals surface area contributed by atoms with E-state index in [9.17, 15) is 13.2 Å². The molecule has 29 heavy (non-hydrogen) atoms. The number of hydrogen-bond donors (Lipinski definition) is 1. The maximum atomic E-state index is 13.1. The average Bonchev–Trinajstić information content (AvgIpc) is 3.22. The zero-order valence-corrected chi connectivity index (χ0v) is 18.8. The van der Waals surface area contributed by atoms with Gasteiger partial charge in [0.1, 0.15) is 15.9 Å². The Morgan fingerprint density at radius 1 is 1.28 bits per heavy atom. The Labute approximate surface area is 177 Å². The van der Waals surface area contributed by atoms with E-state index in [0.29, 0.717) is 49.4 Å². The summed E-state index contributed by atoms with van der Waals surface area (Å²) < 4.78 is 35.9. The van der Waals surface area contributed by atoms with Crippen molar-refractivity contribution < 1.29 is 13.2 Å². The SMILES string of the molecule is CCCC[C@H](CC)CNC(=O)C1CCN(S(=O)(=O)c2cccc3nsnc23)CC1. The Balaban J connectivity index is 1.57. The van der Waals surface area contributed by atoms with Gasteiger partial charge in [0, 0.05) is 25.6 Å². The summed E-state index contributed by atoms with van der Waals surface area (Å²) in [6.45, 7) is 5.75. The van der Waals surface area contributed by atoms with Crippen LogP contribution in [0.4, 0.5) is 0 Å². The molecule has 0 bridgehead atoms. The number of sulfonamides is 1. The van der Waals surface area contributed by atoms with E-state index in [2.05, 4.69) is 27.9 Å². The number of amides is 1. The Morgan fingerprint density at radius 2 is 2.03 bits per heavy atom. The first-order chi connectivity index (χ1) is 14.0. The molecule has 9 heteroatoms. The van der Waals surface area contributed by atoms with Gasteiger partial charge in [-0.3, -0.25) is 4.79 Å². The third kappa shape index (κ3) is 5.13. The minimum atomic E-state index is -3.64. The van der Waals surface area contributed by atoms with Gasteiger partial charge in [0.15, 0.2) is 0 Å². The van der Waals surface area contributed by atoms with Crippen molar-refractivity contribution in [2.45, 2.75) is 57.3 Å². The molecule has 1 aromatic heterocycles. The van der Waals surface area contributed by atoms with Crippen LogP contribution in [0.15, 0.2) is 23.1 Å². The topological polar surface area (TPSA) is 92.3 Å². The van der Waals surface area contributed by atoms with Gasteiger partial charge in [0.2, 0.25) is 15.9 Å². The van der Waals surface area contributed by atoms with Crippen LogP contribution in [0.5, 0.6) is 0 Å². The first-order valence-corrected chi connectivity index (χ1v) is 12.6. The van der Waals surface area contributed by atoms with Crippen molar-refractivity contribution in [1.29, 1.82) is 0 Å². The molecule has 0 saturated carbocycles. The third-order valence-corrected chi connectivity index (χ3v) is 8.27. The van der Waals surface area contributed by atoms with Gasteiger partial charge in [-0.15, -0.1) is 0 Å². The molecular weight excluding hydrogens is 408 g/mol. The van der Waals surface area contributed by atoms with Crippen LogP contribution < -0.4 is 5.32 Å². The van der Waals surface area contributed by atoms with E-state index in [1.807, 2.05) is 0 Å². The number of nitrogens with zero attached hydrogens (tertiary/aromatic N) is 3. The third-order valence-electron chi connectivity index (χ3n) is 5.80. The van der Waals surface area contributed by atoms with Gasteiger partial charge in [-0.05, 0) is 37.3 Å². The van der Waals surface area contributed by atoms with E-state index in [1.54, 1.807) is 18.2 Å². The highest BCUT2D eigenvalue weighted by Gasteiger charge is 2.33. The molecule has 1 fully saturated rings. The van der Waals surface area contributed by atoms with Gasteiger partial charge in [0.25, 0.3) is 0 Å². The van der Waals surface area contributed by atoms with E-state index in [1.165, 1.54) is 17.1 Å². The molecule has 2 aromatic rings. The first-order valence-electron chi connectivity index (χ1n) is 10.5. The average molecular weight is 439 g/mol. The number of hydrogen-bond acceptors (Lipinski definition) is 6. The van der Waals surface area contributed by atoms with Crippen LogP contribution in [0.25, 0.3) is 11.0 Å². The predicted molar refractivity (Wildman–Crippen MR) is 115 cm³/mol. The summed E-state index contributed by atoms with van der Waals surface area (Å²) >= 11 is 1.01. The second-order valence-corrected chi connectivity index (χ2v) is 10.2. The van der Waals surface area contributed by atoms with Crippen molar-refractivity contribution in [2.75, 3.05) is 19.6 Å². The smallest absolute Gasteiger partial charge is 0.245 e. The summed E-state index contributed by atoms with van der Waals surface area (Å²) in [5.41, 5.74) is 1.02. The van der Waals surface area contributed by atoms with Gasteiger partial charge < -0.3 is 5.32 Å². The molecule has 7 nitrogen and oxygen atoms in total. The van der Waals surface area contributed by atoms with E-state index in [-0.39, 0.29) is 16.7 Å². The van der Waals surface area contributed by atoms with Crippen LogP contribution >= 0.6 is 11.7 Å². The van der Waals surface area contributed by atoms with E-state index in [4.69, 9.17) is 0 Å². The van der Waals surface area contributed by atoms with Gasteiger partial charge in [-0.25, -0.2) is 8.42 Å². The van der Waals surface area contributed by atoms with Crippen LogP contribution in [0.2, 0.25) is 0 Å². The molecular formula is C20H30N4O3S2. The number of carbonyl (C=O) groups excluding carboxylic acids is 1. The molecule has 1 aliphatic heterocycles. The Bertz CT molecular complexity index is 921. The van der Waals surface area contributed by atoms with Crippen molar-refractivity contribution in [2.24, 2.45) is 11.8 Å². The molecule has 160 valence electrons. The number of piperidine rings is 1. The van der Waals surface area contributed by atoms with Crippen molar-refractivity contribution in [3.63, 3.8) is 0 Å². The fourth-order valence-electron chi connectivity index (χ4n) is 3.82. The van der Waals surface area contributed by atoms with Gasteiger partial charge >= 0.3 is 0 Å². The number of rotatable bonds is 9. The normalized spacial score (nSPS) is 17.4. The van der Waals surface area contributed by atoms with Crippen LogP contribution in [0.1, 0.15) is 52.4 Å². The molecule has 0 radical (unpaired) electrons. The Kier molecular flexibility index (Phi) is 7.59. The maximum Gasteiger partial charge on any atom is 0.245 e. The quantitative estimate of drug-likeness (QED) is 0.648. The predicted octanol–water partition coefficient (Wildman–Crippen LogP) is 3.42. The minimum absolute atomic E-state index is 0.0581. The number of unbranched alkanes of at least 4 members (excludes halogenated alkanes) is 1.